The van der Waals surface area contributed by atoms with E-state index in [9.17, 15) is 48.6 Å². The molecule has 4 atom stereocenters. The van der Waals surface area contributed by atoms with Crippen LogP contribution in [0.1, 0.15) is 80.8 Å². The molecule has 20 heteroatoms. The minimum Gasteiger partial charge on any atom is -0.484 e. The van der Waals surface area contributed by atoms with Gasteiger partial charge in [0.2, 0.25) is 5.91 Å². The smallest absolute Gasteiger partial charge is 0.373 e. The fraction of sp³-hybridized carbons (Fsp3) is 0.426. The molecule has 0 spiro atoms. The number of benzene rings is 3. The maximum absolute atomic E-state index is 13.4. The molecule has 3 aromatic rings. The van der Waals surface area contributed by atoms with Gasteiger partial charge in [0.05, 0.1) is 12.5 Å². The van der Waals surface area contributed by atoms with E-state index >= 15 is 0 Å². The van der Waals surface area contributed by atoms with E-state index in [2.05, 4.69) is 49.2 Å². The van der Waals surface area contributed by atoms with Crippen molar-refractivity contribution in [3.63, 3.8) is 0 Å². The Hall–Kier alpha value is -6.67. The van der Waals surface area contributed by atoms with Crippen LogP contribution in [0.25, 0.3) is 0 Å². The molecule has 8 N–H and O–H groups in total. The molecule has 0 fully saturated rings. The fourth-order valence-corrected chi connectivity index (χ4v) is 6.33. The van der Waals surface area contributed by atoms with E-state index < -0.39 is 83.9 Å². The van der Waals surface area contributed by atoms with Crippen LogP contribution in [0.15, 0.2) is 84.9 Å². The summed E-state index contributed by atoms with van der Waals surface area (Å²) in [5.74, 6) is -6.22. The number of carboxylic acids is 3. The van der Waals surface area contributed by atoms with Gasteiger partial charge < -0.3 is 46.6 Å². The van der Waals surface area contributed by atoms with Gasteiger partial charge in [-0.2, -0.15) is 9.59 Å². The summed E-state index contributed by atoms with van der Waals surface area (Å²) in [4.78, 5) is 116. The molecular weight excluding hydrogens is 985 g/mol. The number of carbonyl (C=O) groups excluding carboxylic acids is 7. The van der Waals surface area contributed by atoms with Crippen molar-refractivity contribution in [2.24, 2.45) is 11.3 Å². The highest BCUT2D eigenvalue weighted by Crippen LogP contribution is 2.24. The number of alkyl halides is 1. The first kappa shape index (κ1) is 58.3. The zero-order chi connectivity index (χ0) is 50.4. The molecule has 3 aromatic carbocycles. The Bertz CT molecular complexity index is 2080. The van der Waals surface area contributed by atoms with Crippen molar-refractivity contribution >= 4 is 76.2 Å². The fourth-order valence-electron chi connectivity index (χ4n) is 6.33. The van der Waals surface area contributed by atoms with Gasteiger partial charge in [-0.15, -0.1) is 0 Å². The third kappa shape index (κ3) is 25.0. The van der Waals surface area contributed by atoms with Crippen LogP contribution in [0.5, 0.6) is 5.75 Å². The molecule has 0 aliphatic carbocycles. The molecule has 364 valence electrons. The largest absolute Gasteiger partial charge is 0.484 e. The second kappa shape index (κ2) is 32.1. The molecule has 0 unspecified atom stereocenters. The number of halogens is 1. The van der Waals surface area contributed by atoms with Crippen molar-refractivity contribution in [3.05, 3.63) is 102 Å². The minimum absolute atomic E-state index is 0.0442. The Balaban J connectivity index is 0.00000430. The molecule has 0 saturated heterocycles. The molecule has 19 nitrogen and oxygen atoms in total. The zero-order valence-electron chi connectivity index (χ0n) is 37.9. The number of ether oxygens (including phenoxy) is 1. The number of hydrogen-bond acceptors (Lipinski definition) is 11. The first-order valence-electron chi connectivity index (χ1n) is 21.1. The normalized spacial score (nSPS) is 12.2. The summed E-state index contributed by atoms with van der Waals surface area (Å²) < 4.78 is 5.66. The molecular formula is C47H60IN5O14. The minimum atomic E-state index is -1.36. The van der Waals surface area contributed by atoms with Gasteiger partial charge in [-0.25, -0.2) is 9.59 Å². The number of rotatable bonds is 26. The van der Waals surface area contributed by atoms with Crippen molar-refractivity contribution in [3.8, 4) is 5.75 Å². The van der Waals surface area contributed by atoms with Crippen molar-refractivity contribution < 1.29 is 68.0 Å². The van der Waals surface area contributed by atoms with Gasteiger partial charge in [0, 0.05) is 37.4 Å². The predicted molar refractivity (Wildman–Crippen MR) is 252 cm³/mol. The highest BCUT2D eigenvalue weighted by molar-refractivity contribution is 14.1. The van der Waals surface area contributed by atoms with Gasteiger partial charge in [0.1, 0.15) is 17.8 Å². The lowest BCUT2D eigenvalue weighted by Gasteiger charge is -2.32. The van der Waals surface area contributed by atoms with E-state index in [1.165, 1.54) is 0 Å². The van der Waals surface area contributed by atoms with Gasteiger partial charge >= 0.3 is 30.1 Å². The lowest BCUT2D eigenvalue weighted by molar-refractivity contribution is -0.192. The number of ketones is 1. The molecule has 5 amide bonds. The van der Waals surface area contributed by atoms with Crippen LogP contribution in [0.3, 0.4) is 0 Å². The van der Waals surface area contributed by atoms with E-state index in [0.29, 0.717) is 36.1 Å². The molecule has 0 aliphatic heterocycles. The van der Waals surface area contributed by atoms with Crippen molar-refractivity contribution in [1.82, 2.24) is 26.6 Å². The van der Waals surface area contributed by atoms with Gasteiger partial charge in [0.15, 0.2) is 12.4 Å². The van der Waals surface area contributed by atoms with Crippen LogP contribution in [0.2, 0.25) is 0 Å². The van der Waals surface area contributed by atoms with Crippen LogP contribution in [0.4, 0.5) is 4.79 Å². The Morgan fingerprint density at radius 2 is 1.27 bits per heavy atom. The number of nitrogens with one attached hydrogen (secondary N) is 5. The second-order valence-electron chi connectivity index (χ2n) is 16.0. The van der Waals surface area contributed by atoms with E-state index in [1.807, 2.05) is 56.0 Å². The monoisotopic (exact) mass is 1050 g/mol. The Labute approximate surface area is 402 Å². The molecule has 0 saturated carbocycles. The number of Topliss-reactive ketones (excluding diaryl/α,β-unsaturated/α-hetero) is 1. The zero-order valence-corrected chi connectivity index (χ0v) is 40.0. The molecule has 3 rings (SSSR count). The SMILES string of the molecule is CC(C)(C)[C@H](CCCCNC(=O)[C@H](Cc1ccccc1)NC(=O)COc1ccc(C[C@H](CC(=O)CNC(=O)c2ccccc2)C(=O)O)cc1)NC(=O)N[C@@H](CCC(=O)O)C(=O)O.CI.O=C=O. The maximum Gasteiger partial charge on any atom is 0.373 e. The quantitative estimate of drug-likeness (QED) is 0.0318. The van der Waals surface area contributed by atoms with E-state index in [0.717, 1.165) is 5.56 Å². The number of carbonyl (C=O) groups is 8. The third-order valence-corrected chi connectivity index (χ3v) is 9.83. The maximum atomic E-state index is 13.4. The van der Waals surface area contributed by atoms with Crippen molar-refractivity contribution in [2.75, 3.05) is 24.6 Å². The summed E-state index contributed by atoms with van der Waals surface area (Å²) in [6.45, 7) is 5.29. The standard InChI is InChI=1S/C45H57N5O12.CH3I.CO2/c1-45(2,3)37(50-44(61)49-35(43(59)60)21-22-39(53)54)16-10-11-23-46-41(56)36(25-29-12-6-4-7-13-29)48-38(52)28-62-34-19-17-30(18-20-34)24-32(42(57)58)26-33(51)27-47-40(55)31-14-8-5-9-15-31;1-2;2-1-3/h4-9,12-15,17-20,32,35-37H,10-11,16,21-28H2,1-3H3,(H,46,56)(H,47,55)(H,48,52)(H,53,54)(H,57,58)(H,59,60)(H2,49,50,61);1H3;/t32-,35+,36+,37+;;/m1../s1. The molecule has 67 heavy (non-hydrogen) atoms. The van der Waals surface area contributed by atoms with Crippen LogP contribution in [-0.2, 0) is 51.2 Å². The average Bonchev–Trinajstić information content (AvgIpc) is 3.29. The summed E-state index contributed by atoms with van der Waals surface area (Å²) in [7, 11) is 0. The van der Waals surface area contributed by atoms with Gasteiger partial charge in [-0.05, 0) is 77.8 Å². The van der Waals surface area contributed by atoms with Gasteiger partial charge in [-0.1, -0.05) is 104 Å². The van der Waals surface area contributed by atoms with Crippen LogP contribution < -0.4 is 31.3 Å². The lowest BCUT2D eigenvalue weighted by atomic mass is 9.84. The van der Waals surface area contributed by atoms with E-state index in [-0.39, 0.29) is 51.0 Å². The van der Waals surface area contributed by atoms with E-state index in [1.54, 1.807) is 54.6 Å². The van der Waals surface area contributed by atoms with Crippen LogP contribution in [0, 0.1) is 11.3 Å². The molecule has 0 radical (unpaired) electrons. The molecule has 0 aromatic heterocycles. The molecule has 0 bridgehead atoms. The number of aliphatic carboxylic acids is 3. The topological polar surface area (TPSA) is 301 Å². The van der Waals surface area contributed by atoms with E-state index in [4.69, 9.17) is 19.4 Å². The number of urea groups is 1. The average molecular weight is 1050 g/mol. The van der Waals surface area contributed by atoms with Crippen molar-refractivity contribution in [1.29, 1.82) is 0 Å². The lowest BCUT2D eigenvalue weighted by Crippen LogP contribution is -2.52. The number of amides is 5. The van der Waals surface area contributed by atoms with Gasteiger partial charge in [0.25, 0.3) is 11.8 Å². The molecule has 0 heterocycles. The summed E-state index contributed by atoms with van der Waals surface area (Å²) in [6.07, 6.45) is 1.13. The van der Waals surface area contributed by atoms with Crippen LogP contribution in [-0.4, -0.2) is 112 Å². The first-order valence-corrected chi connectivity index (χ1v) is 23.3. The Morgan fingerprint density at radius 1 is 0.687 bits per heavy atom. The summed E-state index contributed by atoms with van der Waals surface area (Å²) in [5, 5.41) is 41.3. The number of unbranched alkanes of at least 4 members (excludes halogenated alkanes) is 1. The third-order valence-electron chi connectivity index (χ3n) is 9.83. The van der Waals surface area contributed by atoms with Crippen LogP contribution >= 0.6 is 22.6 Å². The first-order chi connectivity index (χ1) is 31.8. The highest BCUT2D eigenvalue weighted by atomic mass is 127. The molecule has 0 aliphatic rings. The Morgan fingerprint density at radius 3 is 1.82 bits per heavy atom. The summed E-state index contributed by atoms with van der Waals surface area (Å²) in [5.41, 5.74) is 1.40. The summed E-state index contributed by atoms with van der Waals surface area (Å²) in [6, 6.07) is 20.5. The highest BCUT2D eigenvalue weighted by Gasteiger charge is 2.29. The Kier molecular flexibility index (Phi) is 27.9. The summed E-state index contributed by atoms with van der Waals surface area (Å²) >= 11 is 2.15. The number of carboxylic acid groups (broad SMARTS) is 3. The van der Waals surface area contributed by atoms with Crippen molar-refractivity contribution in [2.45, 2.75) is 90.3 Å². The second-order valence-corrected chi connectivity index (χ2v) is 16.0. The van der Waals surface area contributed by atoms with Gasteiger partial charge in [-0.3, -0.25) is 28.8 Å². The number of hydrogen-bond donors (Lipinski definition) is 8. The predicted octanol–water partition coefficient (Wildman–Crippen LogP) is 4.21.